The zero-order valence-corrected chi connectivity index (χ0v) is 22.6. The van der Waals surface area contributed by atoms with E-state index in [-0.39, 0.29) is 5.75 Å². The molecule has 0 spiro atoms. The zero-order chi connectivity index (χ0) is 27.0. The van der Waals surface area contributed by atoms with Crippen LogP contribution < -0.4 is 14.8 Å². The third-order valence-electron chi connectivity index (χ3n) is 5.43. The van der Waals surface area contributed by atoms with Gasteiger partial charge in [0, 0.05) is 11.5 Å². The lowest BCUT2D eigenvalue weighted by Gasteiger charge is -2.21. The van der Waals surface area contributed by atoms with Gasteiger partial charge in [-0.25, -0.2) is 9.59 Å². The van der Waals surface area contributed by atoms with Crippen molar-refractivity contribution in [3.8, 4) is 33.8 Å². The van der Waals surface area contributed by atoms with E-state index in [9.17, 15) is 14.7 Å². The number of ether oxygens (including phenoxy) is 3. The number of carbonyl (C=O) groups excluding carboxylic acids is 1. The maximum atomic E-state index is 11.9. The van der Waals surface area contributed by atoms with Crippen molar-refractivity contribution in [2.24, 2.45) is 0 Å². The fourth-order valence-corrected chi connectivity index (χ4v) is 4.59. The van der Waals surface area contributed by atoms with Crippen molar-refractivity contribution >= 4 is 23.8 Å². The predicted molar refractivity (Wildman–Crippen MR) is 147 cm³/mol. The van der Waals surface area contributed by atoms with Gasteiger partial charge in [-0.3, -0.25) is 0 Å². The van der Waals surface area contributed by atoms with Crippen LogP contribution in [0.4, 0.5) is 4.79 Å². The highest BCUT2D eigenvalue weighted by molar-refractivity contribution is 7.98. The number of hydrogen-bond donors (Lipinski definition) is 2. The maximum absolute atomic E-state index is 11.9. The number of rotatable bonds is 10. The molecule has 7 nitrogen and oxygen atoms in total. The third-order valence-corrected chi connectivity index (χ3v) is 6.54. The van der Waals surface area contributed by atoms with E-state index in [0.29, 0.717) is 17.3 Å². The van der Waals surface area contributed by atoms with E-state index in [1.54, 1.807) is 35.0 Å². The Morgan fingerprint density at radius 1 is 0.838 bits per heavy atom. The van der Waals surface area contributed by atoms with Crippen LogP contribution in [-0.4, -0.2) is 48.8 Å². The van der Waals surface area contributed by atoms with E-state index in [2.05, 4.69) is 41.7 Å². The van der Waals surface area contributed by atoms with Gasteiger partial charge in [0.25, 0.3) is 0 Å². The normalized spacial score (nSPS) is 11.9. The van der Waals surface area contributed by atoms with Gasteiger partial charge in [-0.2, -0.15) is 11.8 Å². The molecule has 1 amide bonds. The molecule has 0 aliphatic heterocycles. The van der Waals surface area contributed by atoms with Crippen molar-refractivity contribution in [2.45, 2.75) is 38.2 Å². The van der Waals surface area contributed by atoms with Crippen molar-refractivity contribution in [1.29, 1.82) is 0 Å². The van der Waals surface area contributed by atoms with Crippen LogP contribution in [0.25, 0.3) is 22.3 Å². The average Bonchev–Trinajstić information content (AvgIpc) is 2.87. The molecule has 0 aliphatic carbocycles. The van der Waals surface area contributed by atoms with Crippen LogP contribution in [-0.2, 0) is 15.3 Å². The second kappa shape index (κ2) is 12.5. The lowest BCUT2D eigenvalue weighted by atomic mass is 9.99. The number of thioether (sulfide) groups is 1. The van der Waals surface area contributed by atoms with Gasteiger partial charge in [0.05, 0.1) is 14.2 Å². The van der Waals surface area contributed by atoms with Gasteiger partial charge < -0.3 is 24.6 Å². The van der Waals surface area contributed by atoms with Crippen molar-refractivity contribution < 1.29 is 28.9 Å². The molecule has 0 heterocycles. The minimum Gasteiger partial charge on any atom is -0.493 e. The molecule has 1 atom stereocenters. The Balaban J connectivity index is 1.58. The van der Waals surface area contributed by atoms with Crippen molar-refractivity contribution in [1.82, 2.24) is 5.32 Å². The molecule has 2 N–H and O–H groups in total. The first kappa shape index (κ1) is 27.9. The summed E-state index contributed by atoms with van der Waals surface area (Å²) in [6.07, 6.45) is -0.734. The van der Waals surface area contributed by atoms with Gasteiger partial charge in [-0.05, 0) is 60.7 Å². The zero-order valence-electron chi connectivity index (χ0n) is 21.7. The van der Waals surface area contributed by atoms with Crippen LogP contribution in [0.5, 0.6) is 11.5 Å². The number of benzene rings is 3. The number of carbonyl (C=O) groups is 2. The quantitative estimate of drug-likeness (QED) is 0.324. The number of aliphatic carboxylic acids is 1. The highest BCUT2D eigenvalue weighted by Gasteiger charge is 2.23. The molecule has 3 rings (SSSR count). The molecule has 0 saturated heterocycles. The number of amides is 1. The molecule has 8 heteroatoms. The van der Waals surface area contributed by atoms with Crippen LogP contribution in [0, 0.1) is 0 Å². The Bertz CT molecular complexity index is 1200. The summed E-state index contributed by atoms with van der Waals surface area (Å²) in [4.78, 5) is 23.4. The molecule has 0 aliphatic rings. The molecule has 0 aromatic heterocycles. The first-order chi connectivity index (χ1) is 17.6. The van der Waals surface area contributed by atoms with E-state index in [4.69, 9.17) is 14.2 Å². The molecule has 37 heavy (non-hydrogen) atoms. The SMILES string of the molecule is COc1ccc(-c2ccc(-c3ccc(CSCC(NC(=O)OC(C)(C)C)C(=O)O)cc3)cc2)cc1OC. The minimum absolute atomic E-state index is 0.230. The first-order valence-corrected chi connectivity index (χ1v) is 13.0. The number of hydrogen-bond acceptors (Lipinski definition) is 6. The molecular formula is C29H33NO6S. The minimum atomic E-state index is -1.09. The highest BCUT2D eigenvalue weighted by atomic mass is 32.2. The molecule has 3 aromatic rings. The number of carboxylic acids is 1. The number of alkyl carbamates (subject to hydrolysis) is 1. The molecule has 0 bridgehead atoms. The average molecular weight is 524 g/mol. The van der Waals surface area contributed by atoms with Crippen LogP contribution in [0.15, 0.2) is 66.7 Å². The fourth-order valence-electron chi connectivity index (χ4n) is 3.58. The van der Waals surface area contributed by atoms with Crippen molar-refractivity contribution in [3.05, 3.63) is 72.3 Å². The summed E-state index contributed by atoms with van der Waals surface area (Å²) in [5.74, 6) is 1.14. The summed E-state index contributed by atoms with van der Waals surface area (Å²) < 4.78 is 15.9. The maximum Gasteiger partial charge on any atom is 0.408 e. The van der Waals surface area contributed by atoms with Crippen molar-refractivity contribution in [2.75, 3.05) is 20.0 Å². The molecule has 196 valence electrons. The second-order valence-electron chi connectivity index (χ2n) is 9.40. The molecule has 0 saturated carbocycles. The van der Waals surface area contributed by atoms with Gasteiger partial charge in [0.15, 0.2) is 11.5 Å². The van der Waals surface area contributed by atoms with Crippen molar-refractivity contribution in [3.63, 3.8) is 0 Å². The first-order valence-electron chi connectivity index (χ1n) is 11.8. The molecule has 1 unspecified atom stereocenters. The largest absolute Gasteiger partial charge is 0.493 e. The van der Waals surface area contributed by atoms with Crippen LogP contribution in [0.3, 0.4) is 0 Å². The summed E-state index contributed by atoms with van der Waals surface area (Å²) in [7, 11) is 3.24. The van der Waals surface area contributed by atoms with E-state index in [1.165, 1.54) is 11.8 Å². The summed E-state index contributed by atoms with van der Waals surface area (Å²) in [5, 5.41) is 11.9. The topological polar surface area (TPSA) is 94.1 Å². The monoisotopic (exact) mass is 523 g/mol. The summed E-state index contributed by atoms with van der Waals surface area (Å²) in [6, 6.07) is 21.3. The van der Waals surface area contributed by atoms with Gasteiger partial charge in [0.1, 0.15) is 11.6 Å². The van der Waals surface area contributed by atoms with Crippen LogP contribution >= 0.6 is 11.8 Å². The Morgan fingerprint density at radius 2 is 1.35 bits per heavy atom. The Morgan fingerprint density at radius 3 is 1.86 bits per heavy atom. The lowest BCUT2D eigenvalue weighted by molar-refractivity contribution is -0.138. The summed E-state index contributed by atoms with van der Waals surface area (Å²) in [6.45, 7) is 5.19. The fraction of sp³-hybridized carbons (Fsp3) is 0.310. The van der Waals surface area contributed by atoms with E-state index in [0.717, 1.165) is 27.8 Å². The Hall–Kier alpha value is -3.65. The van der Waals surface area contributed by atoms with Crippen LogP contribution in [0.2, 0.25) is 0 Å². The van der Waals surface area contributed by atoms with Gasteiger partial charge in [0.2, 0.25) is 0 Å². The molecule has 0 fully saturated rings. The number of nitrogens with one attached hydrogen (secondary N) is 1. The summed E-state index contributed by atoms with van der Waals surface area (Å²) >= 11 is 1.44. The molecule has 0 radical (unpaired) electrons. The van der Waals surface area contributed by atoms with E-state index >= 15 is 0 Å². The lowest BCUT2D eigenvalue weighted by Crippen LogP contribution is -2.44. The van der Waals surface area contributed by atoms with Crippen LogP contribution in [0.1, 0.15) is 26.3 Å². The molecular weight excluding hydrogens is 490 g/mol. The second-order valence-corrected chi connectivity index (χ2v) is 10.4. The smallest absolute Gasteiger partial charge is 0.408 e. The van der Waals surface area contributed by atoms with Gasteiger partial charge in [-0.1, -0.05) is 54.6 Å². The Kier molecular flexibility index (Phi) is 9.47. The third kappa shape index (κ3) is 8.18. The van der Waals surface area contributed by atoms with Gasteiger partial charge >= 0.3 is 12.1 Å². The number of carboxylic acid groups (broad SMARTS) is 1. The van der Waals surface area contributed by atoms with E-state index in [1.807, 2.05) is 30.3 Å². The number of methoxy groups -OCH3 is 2. The van der Waals surface area contributed by atoms with Gasteiger partial charge in [-0.15, -0.1) is 0 Å². The molecule has 3 aromatic carbocycles. The Labute approximate surface area is 222 Å². The predicted octanol–water partition coefficient (Wildman–Crippen LogP) is 6.25. The standard InChI is InChI=1S/C29H33NO6S/c1-29(2,3)36-28(33)30-24(27(31)32)18-37-17-19-6-8-20(9-7-19)21-10-12-22(13-11-21)23-14-15-25(34-4)26(16-23)35-5/h6-16,24H,17-18H2,1-5H3,(H,30,33)(H,31,32). The van der Waals surface area contributed by atoms with E-state index < -0.39 is 23.7 Å². The summed E-state index contributed by atoms with van der Waals surface area (Å²) in [5.41, 5.74) is 4.67. The highest BCUT2D eigenvalue weighted by Crippen LogP contribution is 2.33.